The Balaban J connectivity index is 1.77. The number of nitrogen functional groups attached to an aromatic ring is 1. The van der Waals surface area contributed by atoms with Crippen LogP contribution >= 0.6 is 11.6 Å². The van der Waals surface area contributed by atoms with E-state index in [1.54, 1.807) is 12.1 Å². The van der Waals surface area contributed by atoms with Crippen molar-refractivity contribution in [2.45, 2.75) is 24.9 Å². The number of nitrogens with one attached hydrogen (secondary N) is 1. The maximum absolute atomic E-state index is 12.7. The number of nitrogens with two attached hydrogens (primary N) is 1. The highest BCUT2D eigenvalue weighted by Gasteiger charge is 2.35. The van der Waals surface area contributed by atoms with Crippen molar-refractivity contribution in [3.8, 4) is 5.75 Å². The molecule has 2 aliphatic heterocycles. The number of ether oxygens (including phenoxy) is 2. The van der Waals surface area contributed by atoms with Gasteiger partial charge in [0.1, 0.15) is 5.75 Å². The highest BCUT2D eigenvalue weighted by Crippen LogP contribution is 2.29. The maximum Gasteiger partial charge on any atom is 0.255 e. The van der Waals surface area contributed by atoms with Gasteiger partial charge in [0.05, 0.1) is 42.6 Å². The molecule has 6 nitrogen and oxygen atoms in total. The average Bonchev–Trinajstić information content (AvgIpc) is 2.57. The van der Waals surface area contributed by atoms with E-state index in [4.69, 9.17) is 26.8 Å². The first-order chi connectivity index (χ1) is 11.1. The van der Waals surface area contributed by atoms with Gasteiger partial charge in [-0.05, 0) is 25.5 Å². The first-order valence-electron chi connectivity index (χ1n) is 7.86. The molecular formula is C16H22ClN3O3. The Morgan fingerprint density at radius 2 is 2.30 bits per heavy atom. The molecule has 23 heavy (non-hydrogen) atoms. The van der Waals surface area contributed by atoms with Crippen LogP contribution in [0.2, 0.25) is 5.02 Å². The van der Waals surface area contributed by atoms with Crippen molar-refractivity contribution in [2.75, 3.05) is 39.1 Å². The quantitative estimate of drug-likeness (QED) is 0.817. The van der Waals surface area contributed by atoms with Crippen LogP contribution in [-0.4, -0.2) is 56.3 Å². The van der Waals surface area contributed by atoms with E-state index < -0.39 is 0 Å². The number of carbonyl (C=O) groups is 1. The molecule has 2 heterocycles. The summed E-state index contributed by atoms with van der Waals surface area (Å²) in [5.41, 5.74) is 6.57. The molecule has 3 N–H and O–H groups in total. The van der Waals surface area contributed by atoms with E-state index >= 15 is 0 Å². The van der Waals surface area contributed by atoms with Gasteiger partial charge in [0.2, 0.25) is 0 Å². The van der Waals surface area contributed by atoms with Gasteiger partial charge in [0, 0.05) is 18.7 Å². The summed E-state index contributed by atoms with van der Waals surface area (Å²) in [5.74, 6) is 0.234. The second kappa shape index (κ2) is 6.95. The third kappa shape index (κ3) is 3.39. The van der Waals surface area contributed by atoms with Gasteiger partial charge >= 0.3 is 0 Å². The molecule has 3 rings (SSSR count). The largest absolute Gasteiger partial charge is 0.496 e. The van der Waals surface area contributed by atoms with Crippen LogP contribution in [0.1, 0.15) is 23.2 Å². The summed E-state index contributed by atoms with van der Waals surface area (Å²) >= 11 is 6.05. The molecule has 1 aromatic carbocycles. The zero-order valence-electron chi connectivity index (χ0n) is 13.2. The zero-order chi connectivity index (χ0) is 16.4. The van der Waals surface area contributed by atoms with Crippen molar-refractivity contribution < 1.29 is 14.3 Å². The van der Waals surface area contributed by atoms with Crippen LogP contribution in [0.3, 0.4) is 0 Å². The number of anilines is 1. The smallest absolute Gasteiger partial charge is 0.255 e. The maximum atomic E-state index is 12.7. The van der Waals surface area contributed by atoms with E-state index in [-0.39, 0.29) is 18.0 Å². The summed E-state index contributed by atoms with van der Waals surface area (Å²) in [6.07, 6.45) is 2.02. The van der Waals surface area contributed by atoms with Crippen LogP contribution in [0, 0.1) is 0 Å². The Hall–Kier alpha value is -1.50. The molecule has 0 spiro atoms. The molecule has 2 aliphatic rings. The molecule has 7 heteroatoms. The minimum atomic E-state index is -0.193. The van der Waals surface area contributed by atoms with Gasteiger partial charge in [-0.15, -0.1) is 0 Å². The van der Waals surface area contributed by atoms with Crippen molar-refractivity contribution in [3.63, 3.8) is 0 Å². The molecule has 0 aromatic heterocycles. The Bertz CT molecular complexity index is 594. The Morgan fingerprint density at radius 1 is 1.48 bits per heavy atom. The standard InChI is InChI=1S/C16H22ClN3O3/c1-22-15-8-12(18)11(17)7-10(15)16(21)19-13-3-2-4-20-5-6-23-9-14(13)20/h7-8,13-14H,2-6,9,18H2,1H3,(H,19,21). The Kier molecular flexibility index (Phi) is 4.94. The molecule has 0 radical (unpaired) electrons. The SMILES string of the molecule is COc1cc(N)c(Cl)cc1C(=O)NC1CCCN2CCOCC12. The average molecular weight is 340 g/mol. The van der Waals surface area contributed by atoms with Gasteiger partial charge in [-0.2, -0.15) is 0 Å². The summed E-state index contributed by atoms with van der Waals surface area (Å²) in [7, 11) is 1.51. The number of carbonyl (C=O) groups excluding carboxylic acids is 1. The lowest BCUT2D eigenvalue weighted by Gasteiger charge is -2.44. The van der Waals surface area contributed by atoms with Crippen LogP contribution in [0.5, 0.6) is 5.75 Å². The number of piperidine rings is 1. The van der Waals surface area contributed by atoms with E-state index in [1.165, 1.54) is 7.11 Å². The molecule has 2 saturated heterocycles. The van der Waals surface area contributed by atoms with E-state index in [0.717, 1.165) is 32.5 Å². The van der Waals surface area contributed by atoms with Crippen LogP contribution in [0.15, 0.2) is 12.1 Å². The van der Waals surface area contributed by atoms with Gasteiger partial charge in [0.25, 0.3) is 5.91 Å². The zero-order valence-corrected chi connectivity index (χ0v) is 13.9. The second-order valence-electron chi connectivity index (χ2n) is 5.97. The molecule has 0 bridgehead atoms. The predicted octanol–water partition coefficient (Wildman–Crippen LogP) is 1.52. The van der Waals surface area contributed by atoms with Crippen molar-refractivity contribution >= 4 is 23.2 Å². The third-order valence-corrected chi connectivity index (χ3v) is 4.91. The van der Waals surface area contributed by atoms with Gasteiger partial charge < -0.3 is 20.5 Å². The fourth-order valence-electron chi connectivity index (χ4n) is 3.34. The number of fused-ring (bicyclic) bond motifs is 1. The van der Waals surface area contributed by atoms with E-state index in [1.807, 2.05) is 0 Å². The summed E-state index contributed by atoms with van der Waals surface area (Å²) < 4.78 is 10.8. The summed E-state index contributed by atoms with van der Waals surface area (Å²) in [4.78, 5) is 15.1. The van der Waals surface area contributed by atoms with Crippen LogP contribution in [0.25, 0.3) is 0 Å². The first kappa shape index (κ1) is 16.4. The van der Waals surface area contributed by atoms with Gasteiger partial charge in [-0.1, -0.05) is 11.6 Å². The Morgan fingerprint density at radius 3 is 3.09 bits per heavy atom. The number of morpholine rings is 1. The number of benzene rings is 1. The molecule has 2 atom stereocenters. The number of halogens is 1. The highest BCUT2D eigenvalue weighted by molar-refractivity contribution is 6.33. The topological polar surface area (TPSA) is 76.8 Å². The fraction of sp³-hybridized carbons (Fsp3) is 0.562. The fourth-order valence-corrected chi connectivity index (χ4v) is 3.51. The van der Waals surface area contributed by atoms with Crippen LogP contribution in [-0.2, 0) is 4.74 Å². The highest BCUT2D eigenvalue weighted by atomic mass is 35.5. The number of rotatable bonds is 3. The molecule has 0 aliphatic carbocycles. The molecule has 1 amide bonds. The summed E-state index contributed by atoms with van der Waals surface area (Å²) in [5, 5.41) is 3.46. The molecule has 1 aromatic rings. The minimum Gasteiger partial charge on any atom is -0.496 e. The molecule has 2 unspecified atom stereocenters. The summed E-state index contributed by atoms with van der Waals surface area (Å²) in [6, 6.07) is 3.44. The van der Waals surface area contributed by atoms with Crippen molar-refractivity contribution in [2.24, 2.45) is 0 Å². The number of nitrogens with zero attached hydrogens (tertiary/aromatic N) is 1. The van der Waals surface area contributed by atoms with Crippen molar-refractivity contribution in [3.05, 3.63) is 22.7 Å². The van der Waals surface area contributed by atoms with Gasteiger partial charge in [-0.25, -0.2) is 0 Å². The molecule has 0 saturated carbocycles. The first-order valence-corrected chi connectivity index (χ1v) is 8.23. The number of methoxy groups -OCH3 is 1. The summed E-state index contributed by atoms with van der Waals surface area (Å²) in [6.45, 7) is 3.41. The second-order valence-corrected chi connectivity index (χ2v) is 6.38. The Labute approximate surface area is 140 Å². The van der Waals surface area contributed by atoms with E-state index in [9.17, 15) is 4.79 Å². The monoisotopic (exact) mass is 339 g/mol. The molecule has 126 valence electrons. The lowest BCUT2D eigenvalue weighted by atomic mass is 9.95. The van der Waals surface area contributed by atoms with Gasteiger partial charge in [-0.3, -0.25) is 9.69 Å². The predicted molar refractivity (Wildman–Crippen MR) is 89.1 cm³/mol. The minimum absolute atomic E-state index is 0.0672. The number of amides is 1. The lowest BCUT2D eigenvalue weighted by Crippen LogP contribution is -2.60. The van der Waals surface area contributed by atoms with E-state index in [0.29, 0.717) is 28.6 Å². The number of hydrogen-bond acceptors (Lipinski definition) is 5. The van der Waals surface area contributed by atoms with Crippen molar-refractivity contribution in [1.29, 1.82) is 0 Å². The van der Waals surface area contributed by atoms with E-state index in [2.05, 4.69) is 10.2 Å². The van der Waals surface area contributed by atoms with Crippen LogP contribution in [0.4, 0.5) is 5.69 Å². The molecular weight excluding hydrogens is 318 g/mol. The van der Waals surface area contributed by atoms with Crippen molar-refractivity contribution in [1.82, 2.24) is 10.2 Å². The molecule has 2 fully saturated rings. The number of hydrogen-bond donors (Lipinski definition) is 2. The lowest BCUT2D eigenvalue weighted by molar-refractivity contribution is -0.0359. The third-order valence-electron chi connectivity index (χ3n) is 4.59. The van der Waals surface area contributed by atoms with Crippen LogP contribution < -0.4 is 15.8 Å². The van der Waals surface area contributed by atoms with Gasteiger partial charge in [0.15, 0.2) is 0 Å². The normalized spacial score (nSPS) is 24.8.